The molecule has 138 valence electrons. The van der Waals surface area contributed by atoms with E-state index >= 15 is 0 Å². The molecule has 0 atom stereocenters. The largest absolute Gasteiger partial charge is 0.493 e. The molecule has 2 amide bonds. The molecule has 27 heavy (non-hydrogen) atoms. The van der Waals surface area contributed by atoms with Gasteiger partial charge in [0.1, 0.15) is 6.61 Å². The van der Waals surface area contributed by atoms with Gasteiger partial charge in [-0.2, -0.15) is 0 Å². The molecular formula is C21H19NO4S. The number of hydrogen-bond acceptors (Lipinski definition) is 5. The van der Waals surface area contributed by atoms with E-state index in [1.807, 2.05) is 48.5 Å². The smallest absolute Gasteiger partial charge is 0.293 e. The number of carbonyl (C=O) groups is 2. The van der Waals surface area contributed by atoms with Crippen molar-refractivity contribution >= 4 is 29.0 Å². The van der Waals surface area contributed by atoms with Gasteiger partial charge in [-0.3, -0.25) is 14.5 Å². The lowest BCUT2D eigenvalue weighted by molar-refractivity contribution is -0.123. The molecule has 0 saturated carbocycles. The third kappa shape index (κ3) is 4.80. The molecule has 0 unspecified atom stereocenters. The summed E-state index contributed by atoms with van der Waals surface area (Å²) in [6.45, 7) is 0.383. The van der Waals surface area contributed by atoms with Gasteiger partial charge >= 0.3 is 0 Å². The van der Waals surface area contributed by atoms with Crippen LogP contribution in [0.1, 0.15) is 5.56 Å². The summed E-state index contributed by atoms with van der Waals surface area (Å²) in [5.41, 5.74) is 1.03. The van der Waals surface area contributed by atoms with Crippen molar-refractivity contribution in [1.82, 2.24) is 4.90 Å². The lowest BCUT2D eigenvalue weighted by atomic mass is 10.2. The number of amides is 2. The van der Waals surface area contributed by atoms with Gasteiger partial charge in [0.25, 0.3) is 11.1 Å². The molecule has 0 spiro atoms. The fourth-order valence-electron chi connectivity index (χ4n) is 2.50. The van der Waals surface area contributed by atoms with Crippen molar-refractivity contribution in [3.63, 3.8) is 0 Å². The van der Waals surface area contributed by atoms with Gasteiger partial charge in [0.05, 0.1) is 18.6 Å². The maximum Gasteiger partial charge on any atom is 0.293 e. The number of rotatable bonds is 7. The van der Waals surface area contributed by atoms with Crippen LogP contribution in [-0.4, -0.2) is 36.3 Å². The second-order valence-corrected chi connectivity index (χ2v) is 6.62. The molecule has 3 rings (SSSR count). The van der Waals surface area contributed by atoms with Gasteiger partial charge in [0, 0.05) is 0 Å². The van der Waals surface area contributed by atoms with Crippen LogP contribution in [0.15, 0.2) is 71.7 Å². The van der Waals surface area contributed by atoms with Crippen LogP contribution in [0.25, 0.3) is 6.08 Å². The second kappa shape index (κ2) is 9.09. The van der Waals surface area contributed by atoms with Gasteiger partial charge in [0.15, 0.2) is 11.5 Å². The fourth-order valence-corrected chi connectivity index (χ4v) is 3.32. The summed E-state index contributed by atoms with van der Waals surface area (Å²) >= 11 is 0.938. The topological polar surface area (TPSA) is 55.8 Å². The molecule has 0 aromatic heterocycles. The van der Waals surface area contributed by atoms with Crippen LogP contribution in [0.5, 0.6) is 11.5 Å². The van der Waals surface area contributed by atoms with E-state index < -0.39 is 0 Å². The van der Waals surface area contributed by atoms with E-state index in [1.165, 1.54) is 4.90 Å². The van der Waals surface area contributed by atoms with Crippen LogP contribution >= 0.6 is 11.8 Å². The Kier molecular flexibility index (Phi) is 6.33. The Bertz CT molecular complexity index is 877. The number of carbonyl (C=O) groups excluding carboxylic acids is 2. The van der Waals surface area contributed by atoms with E-state index in [0.717, 1.165) is 17.3 Å². The Labute approximate surface area is 162 Å². The first-order valence-electron chi connectivity index (χ1n) is 8.42. The van der Waals surface area contributed by atoms with Crippen LogP contribution in [0.4, 0.5) is 4.79 Å². The summed E-state index contributed by atoms with van der Waals surface area (Å²) in [5.74, 6) is 0.886. The highest BCUT2D eigenvalue weighted by atomic mass is 32.2. The van der Waals surface area contributed by atoms with Gasteiger partial charge < -0.3 is 9.47 Å². The Hall–Kier alpha value is -2.99. The van der Waals surface area contributed by atoms with E-state index in [9.17, 15) is 9.59 Å². The van der Waals surface area contributed by atoms with Crippen molar-refractivity contribution in [2.24, 2.45) is 0 Å². The first-order chi connectivity index (χ1) is 13.2. The molecule has 0 radical (unpaired) electrons. The molecule has 0 N–H and O–H groups in total. The first-order valence-corrected chi connectivity index (χ1v) is 9.23. The normalized spacial score (nSPS) is 15.7. The van der Waals surface area contributed by atoms with Gasteiger partial charge in [-0.15, -0.1) is 0 Å². The standard InChI is InChI=1S/C21H19NO4S/c1-25-17-11-5-6-12-18(17)26-15-14-22-20(23)19(27-21(22)24)13-7-10-16-8-3-2-4-9-16/h2-13H,14-15H2,1H3/b10-7+,19-13-. The molecule has 5 nitrogen and oxygen atoms in total. The van der Waals surface area contributed by atoms with Crippen molar-refractivity contribution < 1.29 is 19.1 Å². The Morgan fingerprint density at radius 1 is 1.00 bits per heavy atom. The molecule has 2 aromatic rings. The maximum atomic E-state index is 12.4. The zero-order valence-corrected chi connectivity index (χ0v) is 15.6. The lowest BCUT2D eigenvalue weighted by Crippen LogP contribution is -2.32. The zero-order chi connectivity index (χ0) is 19.1. The second-order valence-electron chi connectivity index (χ2n) is 5.62. The first kappa shape index (κ1) is 18.8. The number of nitrogens with zero attached hydrogens (tertiary/aromatic N) is 1. The van der Waals surface area contributed by atoms with Crippen molar-refractivity contribution in [1.29, 1.82) is 0 Å². The quantitative estimate of drug-likeness (QED) is 0.667. The summed E-state index contributed by atoms with van der Waals surface area (Å²) < 4.78 is 10.9. The fraction of sp³-hybridized carbons (Fsp3) is 0.143. The van der Waals surface area contributed by atoms with Gasteiger partial charge in [-0.05, 0) is 35.5 Å². The number of allylic oxidation sites excluding steroid dienone is 2. The predicted octanol–water partition coefficient (Wildman–Crippen LogP) is 4.37. The highest BCUT2D eigenvalue weighted by molar-refractivity contribution is 8.18. The van der Waals surface area contributed by atoms with Crippen molar-refractivity contribution in [2.75, 3.05) is 20.3 Å². The third-order valence-corrected chi connectivity index (χ3v) is 4.78. The molecule has 6 heteroatoms. The Morgan fingerprint density at radius 2 is 1.70 bits per heavy atom. The zero-order valence-electron chi connectivity index (χ0n) is 14.8. The lowest BCUT2D eigenvalue weighted by Gasteiger charge is -2.14. The summed E-state index contributed by atoms with van der Waals surface area (Å²) in [6.07, 6.45) is 5.33. The van der Waals surface area contributed by atoms with Crippen LogP contribution < -0.4 is 9.47 Å². The third-order valence-electron chi connectivity index (χ3n) is 3.85. The molecule has 1 fully saturated rings. The van der Waals surface area contributed by atoms with E-state index in [0.29, 0.717) is 16.4 Å². The molecule has 1 aliphatic rings. The average molecular weight is 381 g/mol. The van der Waals surface area contributed by atoms with E-state index in [-0.39, 0.29) is 24.3 Å². The van der Waals surface area contributed by atoms with E-state index in [1.54, 1.807) is 31.4 Å². The molecule has 1 aliphatic heterocycles. The minimum atomic E-state index is -0.300. The summed E-state index contributed by atoms with van der Waals surface area (Å²) in [4.78, 5) is 26.1. The van der Waals surface area contributed by atoms with E-state index in [2.05, 4.69) is 0 Å². The number of methoxy groups -OCH3 is 1. The van der Waals surface area contributed by atoms with Crippen LogP contribution in [0, 0.1) is 0 Å². The number of imide groups is 1. The number of hydrogen-bond donors (Lipinski definition) is 0. The summed E-state index contributed by atoms with van der Waals surface area (Å²) in [6, 6.07) is 17.0. The minimum absolute atomic E-state index is 0.183. The highest BCUT2D eigenvalue weighted by Gasteiger charge is 2.34. The average Bonchev–Trinajstić information content (AvgIpc) is 2.96. The van der Waals surface area contributed by atoms with Crippen LogP contribution in [-0.2, 0) is 4.79 Å². The molecule has 0 bridgehead atoms. The maximum absolute atomic E-state index is 12.4. The monoisotopic (exact) mass is 381 g/mol. The summed E-state index contributed by atoms with van der Waals surface area (Å²) in [7, 11) is 1.56. The van der Waals surface area contributed by atoms with E-state index in [4.69, 9.17) is 9.47 Å². The molecule has 2 aromatic carbocycles. The van der Waals surface area contributed by atoms with Crippen molar-refractivity contribution in [3.05, 3.63) is 77.2 Å². The minimum Gasteiger partial charge on any atom is -0.493 e. The van der Waals surface area contributed by atoms with Crippen LogP contribution in [0.3, 0.4) is 0 Å². The Morgan fingerprint density at radius 3 is 2.44 bits per heavy atom. The molecule has 0 aliphatic carbocycles. The van der Waals surface area contributed by atoms with Gasteiger partial charge in [0.2, 0.25) is 0 Å². The predicted molar refractivity (Wildman–Crippen MR) is 107 cm³/mol. The van der Waals surface area contributed by atoms with Crippen LogP contribution in [0.2, 0.25) is 0 Å². The number of ether oxygens (including phenoxy) is 2. The van der Waals surface area contributed by atoms with Crippen molar-refractivity contribution in [3.8, 4) is 11.5 Å². The summed E-state index contributed by atoms with van der Waals surface area (Å²) in [5, 5.41) is -0.289. The number of benzene rings is 2. The Balaban J connectivity index is 1.57. The van der Waals surface area contributed by atoms with Crippen molar-refractivity contribution in [2.45, 2.75) is 0 Å². The van der Waals surface area contributed by atoms with Gasteiger partial charge in [-0.1, -0.05) is 54.6 Å². The number of para-hydroxylation sites is 2. The number of thioether (sulfide) groups is 1. The molecule has 1 saturated heterocycles. The molecule has 1 heterocycles. The highest BCUT2D eigenvalue weighted by Crippen LogP contribution is 2.31. The van der Waals surface area contributed by atoms with Gasteiger partial charge in [-0.25, -0.2) is 0 Å². The molecular weight excluding hydrogens is 362 g/mol. The SMILES string of the molecule is COc1ccccc1OCCN1C(=O)S/C(=C\C=C\c2ccccc2)C1=O.